The average Bonchev–Trinajstić information content (AvgIpc) is 2.18. The molecule has 1 rings (SSSR count). The zero-order valence-corrected chi connectivity index (χ0v) is 8.33. The van der Waals surface area contributed by atoms with Crippen molar-refractivity contribution in [3.63, 3.8) is 0 Å². The standard InChI is InChI=1S/C8H10F2N2OS/c1-2-14(13)12-8-6(11)4-3-5(9)7(8)10/h3-4,12H,2,11H2,1H3. The second-order valence-corrected chi connectivity index (χ2v) is 4.03. The fourth-order valence-corrected chi connectivity index (χ4v) is 1.43. The highest BCUT2D eigenvalue weighted by Gasteiger charge is 2.12. The van der Waals surface area contributed by atoms with Crippen LogP contribution in [0.3, 0.4) is 0 Å². The van der Waals surface area contributed by atoms with Crippen LogP contribution in [0, 0.1) is 11.6 Å². The molecule has 0 radical (unpaired) electrons. The lowest BCUT2D eigenvalue weighted by molar-refractivity contribution is 0.512. The topological polar surface area (TPSA) is 55.1 Å². The highest BCUT2D eigenvalue weighted by atomic mass is 32.2. The molecule has 78 valence electrons. The zero-order valence-electron chi connectivity index (χ0n) is 7.51. The van der Waals surface area contributed by atoms with E-state index in [0.29, 0.717) is 0 Å². The molecule has 0 fully saturated rings. The maximum Gasteiger partial charge on any atom is 0.184 e. The van der Waals surface area contributed by atoms with Crippen LogP contribution in [0.5, 0.6) is 0 Å². The summed E-state index contributed by atoms with van der Waals surface area (Å²) in [6.45, 7) is 1.65. The Morgan fingerprint density at radius 1 is 1.50 bits per heavy atom. The van der Waals surface area contributed by atoms with Gasteiger partial charge >= 0.3 is 0 Å². The molecule has 0 aliphatic rings. The molecule has 0 saturated carbocycles. The van der Waals surface area contributed by atoms with E-state index in [-0.39, 0.29) is 17.1 Å². The molecule has 0 heterocycles. The lowest BCUT2D eigenvalue weighted by Crippen LogP contribution is -2.10. The lowest BCUT2D eigenvalue weighted by atomic mass is 10.2. The Morgan fingerprint density at radius 2 is 2.14 bits per heavy atom. The van der Waals surface area contributed by atoms with Crippen molar-refractivity contribution in [3.05, 3.63) is 23.8 Å². The molecular formula is C8H10F2N2OS. The summed E-state index contributed by atoms with van der Waals surface area (Å²) in [7, 11) is -1.44. The molecule has 0 spiro atoms. The first-order valence-corrected chi connectivity index (χ1v) is 5.26. The molecule has 14 heavy (non-hydrogen) atoms. The van der Waals surface area contributed by atoms with E-state index < -0.39 is 22.6 Å². The molecule has 0 aliphatic carbocycles. The Morgan fingerprint density at radius 3 is 2.71 bits per heavy atom. The molecule has 6 heteroatoms. The Labute approximate surface area is 82.9 Å². The van der Waals surface area contributed by atoms with Crippen molar-refractivity contribution in [3.8, 4) is 0 Å². The molecule has 0 aliphatic heterocycles. The van der Waals surface area contributed by atoms with Crippen LogP contribution < -0.4 is 10.5 Å². The fourth-order valence-electron chi connectivity index (χ4n) is 0.855. The summed E-state index contributed by atoms with van der Waals surface area (Å²) in [6.07, 6.45) is 0. The number of hydrogen-bond donors (Lipinski definition) is 2. The molecular weight excluding hydrogens is 210 g/mol. The van der Waals surface area contributed by atoms with E-state index in [0.717, 1.165) is 6.07 Å². The molecule has 1 aromatic carbocycles. The van der Waals surface area contributed by atoms with Crippen molar-refractivity contribution >= 4 is 22.4 Å². The van der Waals surface area contributed by atoms with Crippen molar-refractivity contribution in [2.24, 2.45) is 0 Å². The van der Waals surface area contributed by atoms with Gasteiger partial charge in [0, 0.05) is 5.75 Å². The summed E-state index contributed by atoms with van der Waals surface area (Å²) >= 11 is 0. The van der Waals surface area contributed by atoms with Gasteiger partial charge in [0.15, 0.2) is 11.6 Å². The number of halogens is 2. The van der Waals surface area contributed by atoms with E-state index in [4.69, 9.17) is 5.73 Å². The van der Waals surface area contributed by atoms with Gasteiger partial charge in [-0.3, -0.25) is 0 Å². The monoisotopic (exact) mass is 220 g/mol. The number of benzene rings is 1. The van der Waals surface area contributed by atoms with Crippen molar-refractivity contribution < 1.29 is 13.0 Å². The summed E-state index contributed by atoms with van der Waals surface area (Å²) in [6, 6.07) is 2.14. The number of hydrogen-bond acceptors (Lipinski definition) is 2. The van der Waals surface area contributed by atoms with Crippen LogP contribution in [-0.2, 0) is 11.0 Å². The largest absolute Gasteiger partial charge is 0.397 e. The quantitative estimate of drug-likeness (QED) is 0.761. The Balaban J connectivity index is 3.06. The van der Waals surface area contributed by atoms with Crippen molar-refractivity contribution in [1.29, 1.82) is 0 Å². The van der Waals surface area contributed by atoms with Crippen molar-refractivity contribution in [1.82, 2.24) is 0 Å². The molecule has 0 bridgehead atoms. The third-order valence-electron chi connectivity index (χ3n) is 1.61. The summed E-state index contributed by atoms with van der Waals surface area (Å²) in [5, 5.41) is 0. The van der Waals surface area contributed by atoms with Crippen LogP contribution in [0.1, 0.15) is 6.92 Å². The number of nitrogens with two attached hydrogens (primary N) is 1. The third kappa shape index (κ3) is 2.20. The van der Waals surface area contributed by atoms with Crippen molar-refractivity contribution in [2.75, 3.05) is 16.2 Å². The zero-order chi connectivity index (χ0) is 10.7. The maximum absolute atomic E-state index is 13.1. The van der Waals surface area contributed by atoms with E-state index in [9.17, 15) is 13.0 Å². The minimum absolute atomic E-state index is 0.0331. The molecule has 0 amide bonds. The number of rotatable bonds is 3. The Hall–Kier alpha value is -1.17. The summed E-state index contributed by atoms with van der Waals surface area (Å²) < 4.78 is 39.2. The van der Waals surface area contributed by atoms with Crippen LogP contribution in [0.4, 0.5) is 20.2 Å². The van der Waals surface area contributed by atoms with Gasteiger partial charge in [-0.2, -0.15) is 0 Å². The minimum atomic E-state index is -1.44. The minimum Gasteiger partial charge on any atom is -0.397 e. The van der Waals surface area contributed by atoms with Crippen LogP contribution in [0.2, 0.25) is 0 Å². The maximum atomic E-state index is 13.1. The van der Waals surface area contributed by atoms with Crippen LogP contribution in [0.15, 0.2) is 12.1 Å². The van der Waals surface area contributed by atoms with Gasteiger partial charge in [0.1, 0.15) is 16.7 Å². The van der Waals surface area contributed by atoms with Crippen LogP contribution in [-0.4, -0.2) is 9.96 Å². The highest BCUT2D eigenvalue weighted by Crippen LogP contribution is 2.24. The first-order chi connectivity index (χ1) is 6.56. The van der Waals surface area contributed by atoms with E-state index in [1.165, 1.54) is 6.07 Å². The summed E-state index contributed by atoms with van der Waals surface area (Å²) in [4.78, 5) is 0. The molecule has 3 N–H and O–H groups in total. The Bertz CT molecular complexity index is 371. The average molecular weight is 220 g/mol. The molecule has 1 atom stereocenters. The molecule has 0 saturated heterocycles. The van der Waals surface area contributed by atoms with Gasteiger partial charge in [-0.05, 0) is 12.1 Å². The number of nitrogens with one attached hydrogen (secondary N) is 1. The van der Waals surface area contributed by atoms with Gasteiger partial charge in [0.2, 0.25) is 0 Å². The smallest absolute Gasteiger partial charge is 0.184 e. The predicted molar refractivity (Wildman–Crippen MR) is 53.1 cm³/mol. The van der Waals surface area contributed by atoms with Crippen LogP contribution in [0.25, 0.3) is 0 Å². The van der Waals surface area contributed by atoms with Gasteiger partial charge < -0.3 is 10.5 Å². The number of nitrogen functional groups attached to an aromatic ring is 1. The number of anilines is 2. The van der Waals surface area contributed by atoms with E-state index in [1.54, 1.807) is 6.92 Å². The van der Waals surface area contributed by atoms with Crippen LogP contribution >= 0.6 is 0 Å². The predicted octanol–water partition coefficient (Wildman–Crippen LogP) is 1.64. The fraction of sp³-hybridized carbons (Fsp3) is 0.250. The summed E-state index contributed by atoms with van der Waals surface area (Å²) in [5.74, 6) is -1.84. The van der Waals surface area contributed by atoms with E-state index in [2.05, 4.69) is 4.72 Å². The van der Waals surface area contributed by atoms with Gasteiger partial charge in [0.05, 0.1) is 5.69 Å². The molecule has 0 aromatic heterocycles. The van der Waals surface area contributed by atoms with E-state index >= 15 is 0 Å². The van der Waals surface area contributed by atoms with Gasteiger partial charge in [-0.25, -0.2) is 13.0 Å². The molecule has 3 nitrogen and oxygen atoms in total. The SMILES string of the molecule is CCS(=O)Nc1c(N)ccc(F)c1F. The molecule has 1 aromatic rings. The lowest BCUT2D eigenvalue weighted by Gasteiger charge is -2.08. The first kappa shape index (κ1) is 10.9. The Kier molecular flexibility index (Phi) is 3.40. The van der Waals surface area contributed by atoms with Gasteiger partial charge in [0.25, 0.3) is 0 Å². The normalized spacial score (nSPS) is 12.5. The second kappa shape index (κ2) is 4.36. The third-order valence-corrected chi connectivity index (χ3v) is 2.56. The van der Waals surface area contributed by atoms with E-state index in [1.807, 2.05) is 0 Å². The second-order valence-electron chi connectivity index (χ2n) is 2.56. The van der Waals surface area contributed by atoms with Gasteiger partial charge in [-0.1, -0.05) is 6.92 Å². The molecule has 1 unspecified atom stereocenters. The van der Waals surface area contributed by atoms with Gasteiger partial charge in [-0.15, -0.1) is 0 Å². The first-order valence-electron chi connectivity index (χ1n) is 3.94. The highest BCUT2D eigenvalue weighted by molar-refractivity contribution is 7.86. The van der Waals surface area contributed by atoms with Crippen molar-refractivity contribution in [2.45, 2.75) is 6.92 Å². The summed E-state index contributed by atoms with van der Waals surface area (Å²) in [5.41, 5.74) is 5.18.